The van der Waals surface area contributed by atoms with Gasteiger partial charge in [0, 0.05) is 48.9 Å². The summed E-state index contributed by atoms with van der Waals surface area (Å²) in [7, 11) is 0. The SMILES string of the molecule is C=CC1C(OC(=O)c2ccccc2)C2C(O)(C(=O)C1(C)C)C(OC(C)=O)CC1C(C)(C)C(OC(C)=O)C(OC(C)=O)C(OC(=O)c3ccccc3)C12C. The third-order valence-corrected chi connectivity index (χ3v) is 11.8. The number of ether oxygens (including phenoxy) is 5. The molecule has 5 rings (SSSR count). The van der Waals surface area contributed by atoms with E-state index in [0.717, 1.165) is 13.8 Å². The first-order valence-corrected chi connectivity index (χ1v) is 17.7. The minimum absolute atomic E-state index is 0.142. The Balaban J connectivity index is 1.86. The Morgan fingerprint density at radius 2 is 1.19 bits per heavy atom. The molecule has 2 aromatic rings. The number of hydrogen-bond acceptors (Lipinski definition) is 12. The lowest BCUT2D eigenvalue weighted by Gasteiger charge is -2.69. The first-order valence-electron chi connectivity index (χ1n) is 17.7. The van der Waals surface area contributed by atoms with Gasteiger partial charge in [0.25, 0.3) is 0 Å². The van der Waals surface area contributed by atoms with Crippen LogP contribution in [0.15, 0.2) is 73.3 Å². The van der Waals surface area contributed by atoms with Crippen LogP contribution >= 0.6 is 0 Å². The Labute approximate surface area is 309 Å². The smallest absolute Gasteiger partial charge is 0.338 e. The Kier molecular flexibility index (Phi) is 10.5. The number of ketones is 1. The number of fused-ring (bicyclic) bond motifs is 3. The molecule has 0 radical (unpaired) electrons. The second-order valence-electron chi connectivity index (χ2n) is 15.7. The zero-order chi connectivity index (χ0) is 39.3. The largest absolute Gasteiger partial charge is 0.459 e. The average molecular weight is 733 g/mol. The molecule has 0 aromatic heterocycles. The molecule has 0 spiro atoms. The molecule has 0 saturated heterocycles. The summed E-state index contributed by atoms with van der Waals surface area (Å²) in [6.45, 7) is 15.9. The number of hydrogen-bond donors (Lipinski definition) is 1. The van der Waals surface area contributed by atoms with Crippen LogP contribution in [0.4, 0.5) is 0 Å². The number of carbonyl (C=O) groups is 6. The van der Waals surface area contributed by atoms with Gasteiger partial charge in [0.1, 0.15) is 24.4 Å². The van der Waals surface area contributed by atoms with Crippen LogP contribution in [0.1, 0.15) is 82.5 Å². The molecule has 0 aliphatic heterocycles. The van der Waals surface area contributed by atoms with Gasteiger partial charge in [-0.2, -0.15) is 0 Å². The molecule has 10 atom stereocenters. The molecule has 1 N–H and O–H groups in total. The lowest BCUT2D eigenvalue weighted by atomic mass is 9.37. The van der Waals surface area contributed by atoms with E-state index in [1.807, 2.05) is 0 Å². The van der Waals surface area contributed by atoms with Crippen LogP contribution in [0.5, 0.6) is 0 Å². The van der Waals surface area contributed by atoms with Crippen LogP contribution in [0.25, 0.3) is 0 Å². The minimum Gasteiger partial charge on any atom is -0.459 e. The molecule has 12 nitrogen and oxygen atoms in total. The fraction of sp³-hybridized carbons (Fsp3) is 0.512. The number of benzene rings is 2. The second-order valence-corrected chi connectivity index (χ2v) is 15.7. The van der Waals surface area contributed by atoms with Gasteiger partial charge < -0.3 is 28.8 Å². The number of rotatable bonds is 8. The summed E-state index contributed by atoms with van der Waals surface area (Å²) in [6.07, 6.45) is -5.80. The highest BCUT2D eigenvalue weighted by Crippen LogP contribution is 2.68. The van der Waals surface area contributed by atoms with Gasteiger partial charge in [-0.05, 0) is 36.6 Å². The molecule has 3 aliphatic carbocycles. The summed E-state index contributed by atoms with van der Waals surface area (Å²) < 4.78 is 30.4. The highest BCUT2D eigenvalue weighted by Gasteiger charge is 2.80. The van der Waals surface area contributed by atoms with E-state index in [9.17, 15) is 33.9 Å². The molecule has 3 aliphatic rings. The van der Waals surface area contributed by atoms with Crippen molar-refractivity contribution in [2.24, 2.45) is 34.0 Å². The van der Waals surface area contributed by atoms with Crippen molar-refractivity contribution in [3.05, 3.63) is 84.4 Å². The monoisotopic (exact) mass is 732 g/mol. The van der Waals surface area contributed by atoms with Crippen molar-refractivity contribution in [2.45, 2.75) is 97.9 Å². The molecule has 0 amide bonds. The van der Waals surface area contributed by atoms with Gasteiger partial charge in [0.2, 0.25) is 0 Å². The van der Waals surface area contributed by atoms with Gasteiger partial charge in [0.05, 0.1) is 11.1 Å². The zero-order valence-corrected chi connectivity index (χ0v) is 31.3. The molecule has 10 unspecified atom stereocenters. The summed E-state index contributed by atoms with van der Waals surface area (Å²) >= 11 is 0. The molecule has 3 fully saturated rings. The van der Waals surface area contributed by atoms with Crippen molar-refractivity contribution in [3.63, 3.8) is 0 Å². The highest BCUT2D eigenvalue weighted by molar-refractivity contribution is 5.96. The van der Waals surface area contributed by atoms with Crippen molar-refractivity contribution in [2.75, 3.05) is 0 Å². The maximum Gasteiger partial charge on any atom is 0.338 e. The molecule has 53 heavy (non-hydrogen) atoms. The van der Waals surface area contributed by atoms with Gasteiger partial charge in [0.15, 0.2) is 17.5 Å². The van der Waals surface area contributed by atoms with Crippen LogP contribution in [0, 0.1) is 34.0 Å². The molecule has 3 saturated carbocycles. The molecular weight excluding hydrogens is 684 g/mol. The third kappa shape index (κ3) is 6.55. The Morgan fingerprint density at radius 3 is 1.66 bits per heavy atom. The Bertz CT molecular complexity index is 1780. The molecule has 12 heteroatoms. The first-order chi connectivity index (χ1) is 24.7. The van der Waals surface area contributed by atoms with Crippen LogP contribution in [-0.4, -0.2) is 76.9 Å². The second kappa shape index (κ2) is 14.2. The molecule has 2 aromatic carbocycles. The molecule has 284 valence electrons. The van der Waals surface area contributed by atoms with Crippen molar-refractivity contribution >= 4 is 35.6 Å². The molecule has 0 bridgehead atoms. The maximum absolute atomic E-state index is 15.0. The van der Waals surface area contributed by atoms with Gasteiger partial charge in [-0.15, -0.1) is 6.58 Å². The van der Waals surface area contributed by atoms with E-state index >= 15 is 0 Å². The Hall–Kier alpha value is -4.84. The van der Waals surface area contributed by atoms with Crippen LogP contribution in [0.3, 0.4) is 0 Å². The van der Waals surface area contributed by atoms with E-state index in [4.69, 9.17) is 23.7 Å². The first kappa shape index (κ1) is 39.4. The normalized spacial score (nSPS) is 33.9. The Morgan fingerprint density at radius 1 is 0.698 bits per heavy atom. The summed E-state index contributed by atoms with van der Waals surface area (Å²) in [5.41, 5.74) is -6.49. The number of esters is 5. The zero-order valence-electron chi connectivity index (χ0n) is 31.3. The van der Waals surface area contributed by atoms with Crippen LogP contribution < -0.4 is 0 Å². The fourth-order valence-corrected chi connectivity index (χ4v) is 9.67. The third-order valence-electron chi connectivity index (χ3n) is 11.8. The summed E-state index contributed by atoms with van der Waals surface area (Å²) in [5.74, 6) is -7.85. The average Bonchev–Trinajstić information content (AvgIpc) is 3.08. The predicted octanol–water partition coefficient (Wildman–Crippen LogP) is 5.06. The predicted molar refractivity (Wildman–Crippen MR) is 189 cm³/mol. The topological polar surface area (TPSA) is 169 Å². The maximum atomic E-state index is 15.0. The molecular formula is C41H48O12. The van der Waals surface area contributed by atoms with Gasteiger partial charge >= 0.3 is 29.8 Å². The summed E-state index contributed by atoms with van der Waals surface area (Å²) in [4.78, 5) is 81.4. The number of aliphatic hydroxyl groups is 1. The van der Waals surface area contributed by atoms with Crippen molar-refractivity contribution < 1.29 is 57.6 Å². The number of Topliss-reactive ketones (excluding diaryl/α,β-unsaturated/α-hetero) is 1. The highest BCUT2D eigenvalue weighted by atomic mass is 16.6. The minimum atomic E-state index is -2.55. The molecule has 0 heterocycles. The van der Waals surface area contributed by atoms with E-state index in [1.54, 1.807) is 83.1 Å². The van der Waals surface area contributed by atoms with Crippen molar-refractivity contribution in [3.8, 4) is 0 Å². The van der Waals surface area contributed by atoms with E-state index in [-0.39, 0.29) is 17.5 Å². The lowest BCUT2D eigenvalue weighted by Crippen LogP contribution is -2.82. The van der Waals surface area contributed by atoms with E-state index in [2.05, 4.69) is 6.58 Å². The van der Waals surface area contributed by atoms with Crippen molar-refractivity contribution in [1.29, 1.82) is 0 Å². The van der Waals surface area contributed by atoms with E-state index < -0.39 is 106 Å². The van der Waals surface area contributed by atoms with Crippen LogP contribution in [-0.2, 0) is 42.9 Å². The van der Waals surface area contributed by atoms with E-state index in [0.29, 0.717) is 0 Å². The standard InChI is InChI=1S/C41H48O12/c1-10-27-30(52-35(45)25-17-13-11-14-18-25)32-40(9)28(21-29(49-22(2)42)41(32,48)37(47)38(27,5)6)39(7,8)33(51-24(4)44)31(50-23(3)43)34(40)53-36(46)26-19-15-12-16-20-26/h10-20,27-34,48H,1,21H2,2-9H3. The quantitative estimate of drug-likeness (QED) is 0.218. The van der Waals surface area contributed by atoms with Crippen molar-refractivity contribution in [1.82, 2.24) is 0 Å². The fourth-order valence-electron chi connectivity index (χ4n) is 9.67. The summed E-state index contributed by atoms with van der Waals surface area (Å²) in [5, 5.41) is 13.2. The number of carbonyl (C=O) groups excluding carboxylic acids is 6. The van der Waals surface area contributed by atoms with Gasteiger partial charge in [-0.3, -0.25) is 19.2 Å². The van der Waals surface area contributed by atoms with Gasteiger partial charge in [-0.1, -0.05) is 77.1 Å². The van der Waals surface area contributed by atoms with E-state index in [1.165, 1.54) is 25.1 Å². The van der Waals surface area contributed by atoms with Gasteiger partial charge in [-0.25, -0.2) is 9.59 Å². The summed E-state index contributed by atoms with van der Waals surface area (Å²) in [6, 6.07) is 16.2. The van der Waals surface area contributed by atoms with Crippen LogP contribution in [0.2, 0.25) is 0 Å². The lowest BCUT2D eigenvalue weighted by molar-refractivity contribution is -0.318.